The van der Waals surface area contributed by atoms with Crippen LogP contribution < -0.4 is 10.1 Å². The van der Waals surface area contributed by atoms with Gasteiger partial charge >= 0.3 is 0 Å². The molecule has 0 spiro atoms. The first-order valence-corrected chi connectivity index (χ1v) is 10.7. The maximum absolute atomic E-state index is 12.6. The number of fused-ring (bicyclic) bond motifs is 1. The van der Waals surface area contributed by atoms with Crippen molar-refractivity contribution < 1.29 is 14.3 Å². The number of benzene rings is 1. The molecule has 29 heavy (non-hydrogen) atoms. The van der Waals surface area contributed by atoms with Gasteiger partial charge in [-0.25, -0.2) is 4.98 Å². The molecule has 3 aromatic rings. The lowest BCUT2D eigenvalue weighted by Gasteiger charge is -2.26. The van der Waals surface area contributed by atoms with Crippen molar-refractivity contribution in [1.82, 2.24) is 19.6 Å². The first kappa shape index (κ1) is 19.9. The van der Waals surface area contributed by atoms with Crippen LogP contribution in [0.1, 0.15) is 21.8 Å². The fraction of sp³-hybridized carbons (Fsp3) is 0.429. The van der Waals surface area contributed by atoms with Gasteiger partial charge in [-0.05, 0) is 44.2 Å². The quantitative estimate of drug-likeness (QED) is 0.602. The second-order valence-electron chi connectivity index (χ2n) is 7.09. The number of methoxy groups -OCH3 is 1. The Kier molecular flexibility index (Phi) is 6.13. The van der Waals surface area contributed by atoms with E-state index < -0.39 is 0 Å². The van der Waals surface area contributed by atoms with E-state index in [4.69, 9.17) is 14.5 Å². The molecule has 0 bridgehead atoms. The summed E-state index contributed by atoms with van der Waals surface area (Å²) in [6.07, 6.45) is 2.92. The molecule has 8 heteroatoms. The molecule has 2 aromatic heterocycles. The second kappa shape index (κ2) is 8.94. The van der Waals surface area contributed by atoms with Gasteiger partial charge in [-0.3, -0.25) is 14.1 Å². The van der Waals surface area contributed by atoms with E-state index in [0.29, 0.717) is 6.54 Å². The van der Waals surface area contributed by atoms with Crippen molar-refractivity contribution in [3.63, 3.8) is 0 Å². The molecule has 4 rings (SSSR count). The van der Waals surface area contributed by atoms with Gasteiger partial charge in [0, 0.05) is 37.1 Å². The van der Waals surface area contributed by atoms with Crippen molar-refractivity contribution in [1.29, 1.82) is 0 Å². The van der Waals surface area contributed by atoms with Crippen LogP contribution in [0.25, 0.3) is 16.2 Å². The third-order valence-corrected chi connectivity index (χ3v) is 6.34. The van der Waals surface area contributed by atoms with Crippen LogP contribution in [0.4, 0.5) is 0 Å². The molecule has 0 saturated carbocycles. The Labute approximate surface area is 174 Å². The van der Waals surface area contributed by atoms with E-state index in [0.717, 1.165) is 71.8 Å². The van der Waals surface area contributed by atoms with Gasteiger partial charge in [0.25, 0.3) is 5.91 Å². The molecule has 0 atom stereocenters. The Balaban J connectivity index is 1.38. The largest absolute Gasteiger partial charge is 0.497 e. The van der Waals surface area contributed by atoms with Crippen molar-refractivity contribution in [2.24, 2.45) is 0 Å². The number of nitrogens with zero attached hydrogens (tertiary/aromatic N) is 3. The summed E-state index contributed by atoms with van der Waals surface area (Å²) in [4.78, 5) is 21.2. The molecule has 3 heterocycles. The van der Waals surface area contributed by atoms with E-state index in [1.54, 1.807) is 7.11 Å². The molecule has 0 aliphatic carbocycles. The molecule has 1 saturated heterocycles. The van der Waals surface area contributed by atoms with Crippen molar-refractivity contribution in [3.8, 4) is 17.0 Å². The lowest BCUT2D eigenvalue weighted by molar-refractivity contribution is 0.0374. The maximum Gasteiger partial charge on any atom is 0.263 e. The van der Waals surface area contributed by atoms with E-state index in [1.807, 2.05) is 41.8 Å². The normalized spacial score (nSPS) is 15.0. The van der Waals surface area contributed by atoms with Gasteiger partial charge in [0.2, 0.25) is 0 Å². The van der Waals surface area contributed by atoms with Gasteiger partial charge in [0.1, 0.15) is 10.6 Å². The zero-order valence-corrected chi connectivity index (χ0v) is 17.6. The number of carbonyl (C=O) groups excluding carboxylic acids is 1. The smallest absolute Gasteiger partial charge is 0.263 e. The van der Waals surface area contributed by atoms with Crippen molar-refractivity contribution in [3.05, 3.63) is 41.0 Å². The SMILES string of the molecule is COc1ccc(-c2cn3c(C)c(C(=O)NCCCN4CCOCC4)sc3n2)cc1. The molecule has 154 valence electrons. The first-order valence-electron chi connectivity index (χ1n) is 9.87. The second-order valence-corrected chi connectivity index (χ2v) is 8.06. The molecule has 1 fully saturated rings. The molecule has 1 aromatic carbocycles. The predicted molar refractivity (Wildman–Crippen MR) is 114 cm³/mol. The van der Waals surface area contributed by atoms with Gasteiger partial charge in [-0.15, -0.1) is 0 Å². The van der Waals surface area contributed by atoms with Gasteiger partial charge in [0.15, 0.2) is 4.96 Å². The van der Waals surface area contributed by atoms with Crippen LogP contribution >= 0.6 is 11.3 Å². The standard InChI is InChI=1S/C21H26N4O3S/c1-15-19(20(26)22-8-3-9-24-10-12-28-13-11-24)29-21-23-18(14-25(15)21)16-4-6-17(27-2)7-5-16/h4-7,14H,3,8-13H2,1-2H3,(H,22,26). The number of carbonyl (C=O) groups is 1. The lowest BCUT2D eigenvalue weighted by atomic mass is 10.2. The fourth-order valence-electron chi connectivity index (χ4n) is 3.47. The van der Waals surface area contributed by atoms with E-state index in [-0.39, 0.29) is 5.91 Å². The highest BCUT2D eigenvalue weighted by molar-refractivity contribution is 7.19. The Hall–Kier alpha value is -2.42. The van der Waals surface area contributed by atoms with Crippen LogP contribution in [0.5, 0.6) is 5.75 Å². The summed E-state index contributed by atoms with van der Waals surface area (Å²) in [5.74, 6) is 0.796. The summed E-state index contributed by atoms with van der Waals surface area (Å²) >= 11 is 1.43. The number of amides is 1. The molecular formula is C21H26N4O3S. The molecule has 1 aliphatic heterocycles. The van der Waals surface area contributed by atoms with Gasteiger partial charge in [-0.2, -0.15) is 0 Å². The zero-order chi connectivity index (χ0) is 20.2. The minimum atomic E-state index is -0.0222. The van der Waals surface area contributed by atoms with Gasteiger partial charge in [-0.1, -0.05) is 11.3 Å². The molecule has 1 amide bonds. The number of rotatable bonds is 7. The fourth-order valence-corrected chi connectivity index (χ4v) is 4.50. The van der Waals surface area contributed by atoms with Crippen LogP contribution in [0.15, 0.2) is 30.5 Å². The van der Waals surface area contributed by atoms with Gasteiger partial charge < -0.3 is 14.8 Å². The number of morpholine rings is 1. The minimum absolute atomic E-state index is 0.0222. The topological polar surface area (TPSA) is 68.1 Å². The van der Waals surface area contributed by atoms with Crippen molar-refractivity contribution in [2.45, 2.75) is 13.3 Å². The van der Waals surface area contributed by atoms with E-state index in [9.17, 15) is 4.79 Å². The molecule has 0 radical (unpaired) electrons. The first-order chi connectivity index (χ1) is 14.2. The number of aryl methyl sites for hydroxylation is 1. The molecule has 0 unspecified atom stereocenters. The van der Waals surface area contributed by atoms with Crippen LogP contribution in [-0.4, -0.2) is 66.7 Å². The van der Waals surface area contributed by atoms with Gasteiger partial charge in [0.05, 0.1) is 26.0 Å². The summed E-state index contributed by atoms with van der Waals surface area (Å²) in [5.41, 5.74) is 2.83. The highest BCUT2D eigenvalue weighted by Crippen LogP contribution is 2.28. The Morgan fingerprint density at radius 1 is 1.28 bits per heavy atom. The third kappa shape index (κ3) is 4.44. The zero-order valence-electron chi connectivity index (χ0n) is 16.8. The Morgan fingerprint density at radius 2 is 2.03 bits per heavy atom. The van der Waals surface area contributed by atoms with Crippen LogP contribution in [0.3, 0.4) is 0 Å². The average molecular weight is 415 g/mol. The third-order valence-electron chi connectivity index (χ3n) is 5.19. The average Bonchev–Trinajstić information content (AvgIpc) is 3.31. The number of hydrogen-bond acceptors (Lipinski definition) is 6. The number of imidazole rings is 1. The summed E-state index contributed by atoms with van der Waals surface area (Å²) in [7, 11) is 1.65. The minimum Gasteiger partial charge on any atom is -0.497 e. The number of hydrogen-bond donors (Lipinski definition) is 1. The van der Waals surface area contributed by atoms with Crippen LogP contribution in [0.2, 0.25) is 0 Å². The van der Waals surface area contributed by atoms with Crippen molar-refractivity contribution >= 4 is 22.2 Å². The van der Waals surface area contributed by atoms with E-state index in [2.05, 4.69) is 10.2 Å². The van der Waals surface area contributed by atoms with E-state index in [1.165, 1.54) is 11.3 Å². The van der Waals surface area contributed by atoms with E-state index >= 15 is 0 Å². The van der Waals surface area contributed by atoms with Crippen molar-refractivity contribution in [2.75, 3.05) is 46.5 Å². The maximum atomic E-state index is 12.6. The number of ether oxygens (including phenoxy) is 2. The highest BCUT2D eigenvalue weighted by atomic mass is 32.1. The van der Waals surface area contributed by atoms with Crippen LogP contribution in [-0.2, 0) is 4.74 Å². The molecule has 1 N–H and O–H groups in total. The number of thiazole rings is 1. The Bertz CT molecular complexity index is 974. The Morgan fingerprint density at radius 3 is 2.72 bits per heavy atom. The lowest BCUT2D eigenvalue weighted by Crippen LogP contribution is -2.38. The number of nitrogens with one attached hydrogen (secondary N) is 1. The molecule has 1 aliphatic rings. The molecular weight excluding hydrogens is 388 g/mol. The highest BCUT2D eigenvalue weighted by Gasteiger charge is 2.18. The summed E-state index contributed by atoms with van der Waals surface area (Å²) in [5, 5.41) is 3.05. The summed E-state index contributed by atoms with van der Waals surface area (Å²) in [6.45, 7) is 7.19. The predicted octanol–water partition coefficient (Wildman–Crippen LogP) is 2.83. The summed E-state index contributed by atoms with van der Waals surface area (Å²) in [6, 6.07) is 7.82. The summed E-state index contributed by atoms with van der Waals surface area (Å²) < 4.78 is 12.6. The number of aromatic nitrogens is 2. The van der Waals surface area contributed by atoms with Crippen LogP contribution in [0, 0.1) is 6.92 Å². The monoisotopic (exact) mass is 414 g/mol. The molecule has 7 nitrogen and oxygen atoms in total.